The van der Waals surface area contributed by atoms with E-state index in [4.69, 9.17) is 10.8 Å². The molecule has 2 rings (SSSR count). The predicted molar refractivity (Wildman–Crippen MR) is 72.1 cm³/mol. The van der Waals surface area contributed by atoms with E-state index in [-0.39, 0.29) is 17.7 Å². The van der Waals surface area contributed by atoms with E-state index < -0.39 is 11.9 Å². The molecule has 0 radical (unpaired) electrons. The van der Waals surface area contributed by atoms with Crippen LogP contribution in [-0.4, -0.2) is 21.6 Å². The van der Waals surface area contributed by atoms with Crippen molar-refractivity contribution in [3.05, 3.63) is 44.7 Å². The van der Waals surface area contributed by atoms with Crippen molar-refractivity contribution in [1.29, 1.82) is 0 Å². The van der Waals surface area contributed by atoms with E-state index in [0.29, 0.717) is 15.4 Å². The number of nitrogens with zero attached hydrogens (tertiary/aromatic N) is 1. The van der Waals surface area contributed by atoms with Gasteiger partial charge >= 0.3 is 5.97 Å². The quantitative estimate of drug-likeness (QED) is 0.877. The summed E-state index contributed by atoms with van der Waals surface area (Å²) in [5.74, 6) is -1.72. The molecule has 1 amide bonds. The number of benzene rings is 1. The van der Waals surface area contributed by atoms with Crippen LogP contribution in [0.4, 0.5) is 0 Å². The number of fused-ring (bicyclic) bond motifs is 1. The minimum absolute atomic E-state index is 0.0867. The lowest BCUT2D eigenvalue weighted by Gasteiger charge is -2.10. The second-order valence-electron chi connectivity index (χ2n) is 3.93. The van der Waals surface area contributed by atoms with Crippen molar-refractivity contribution in [2.24, 2.45) is 5.73 Å². The summed E-state index contributed by atoms with van der Waals surface area (Å²) in [6, 6.07) is 5.58. The number of primary amides is 1. The van der Waals surface area contributed by atoms with E-state index >= 15 is 0 Å². The van der Waals surface area contributed by atoms with Crippen molar-refractivity contribution >= 4 is 38.7 Å². The molecule has 3 N–H and O–H groups in total. The minimum atomic E-state index is -1.07. The lowest BCUT2D eigenvalue weighted by atomic mass is 10.1. The summed E-state index contributed by atoms with van der Waals surface area (Å²) in [4.78, 5) is 33.7. The minimum Gasteiger partial charge on any atom is -0.478 e. The highest BCUT2D eigenvalue weighted by Crippen LogP contribution is 2.25. The van der Waals surface area contributed by atoms with E-state index in [0.717, 1.165) is 0 Å². The number of nitrogens with two attached hydrogens (primary N) is 1. The third-order valence-corrected chi connectivity index (χ3v) is 3.20. The van der Waals surface area contributed by atoms with Crippen LogP contribution in [0, 0.1) is 0 Å². The van der Waals surface area contributed by atoms with Gasteiger partial charge in [0.2, 0.25) is 5.91 Å². The summed E-state index contributed by atoms with van der Waals surface area (Å²) in [6.07, 6.45) is 0. The third kappa shape index (κ3) is 2.50. The van der Waals surface area contributed by atoms with Crippen LogP contribution in [0.15, 0.2) is 33.5 Å². The molecule has 0 saturated carbocycles. The summed E-state index contributed by atoms with van der Waals surface area (Å²) in [5.41, 5.74) is 5.25. The Bertz CT molecular complexity index is 751. The largest absolute Gasteiger partial charge is 0.478 e. The van der Waals surface area contributed by atoms with Crippen LogP contribution in [0.1, 0.15) is 10.4 Å². The average molecular weight is 325 g/mol. The second kappa shape index (κ2) is 4.85. The van der Waals surface area contributed by atoms with E-state index in [1.54, 1.807) is 0 Å². The Kier molecular flexibility index (Phi) is 3.39. The molecule has 0 bridgehead atoms. The molecule has 0 spiro atoms. The van der Waals surface area contributed by atoms with Crippen LogP contribution in [0.5, 0.6) is 0 Å². The van der Waals surface area contributed by atoms with Gasteiger partial charge in [-0.2, -0.15) is 0 Å². The van der Waals surface area contributed by atoms with Crippen LogP contribution in [0.3, 0.4) is 0 Å². The molecule has 0 fully saturated rings. The summed E-state index contributed by atoms with van der Waals surface area (Å²) < 4.78 is 1.62. The predicted octanol–water partition coefficient (Wildman–Crippen LogP) is 0.947. The fraction of sp³-hybridized carbons (Fsp3) is 0.0833. The Morgan fingerprint density at radius 3 is 2.58 bits per heavy atom. The van der Waals surface area contributed by atoms with Crippen LogP contribution >= 0.6 is 15.9 Å². The molecule has 0 aliphatic carbocycles. The average Bonchev–Trinajstić information content (AvgIpc) is 2.31. The molecular formula is C12H9BrN2O4. The molecule has 6 nitrogen and oxygen atoms in total. The molecule has 19 heavy (non-hydrogen) atoms. The van der Waals surface area contributed by atoms with Gasteiger partial charge in [0.05, 0.1) is 11.1 Å². The van der Waals surface area contributed by atoms with Crippen molar-refractivity contribution in [2.45, 2.75) is 6.54 Å². The summed E-state index contributed by atoms with van der Waals surface area (Å²) in [6.45, 7) is -0.263. The molecule has 0 atom stereocenters. The summed E-state index contributed by atoms with van der Waals surface area (Å²) in [5, 5.41) is 9.51. The Morgan fingerprint density at radius 2 is 2.00 bits per heavy atom. The zero-order valence-electron chi connectivity index (χ0n) is 9.59. The molecule has 0 saturated heterocycles. The van der Waals surface area contributed by atoms with E-state index in [2.05, 4.69) is 15.9 Å². The van der Waals surface area contributed by atoms with Gasteiger partial charge in [-0.3, -0.25) is 14.2 Å². The van der Waals surface area contributed by atoms with Crippen molar-refractivity contribution in [2.75, 3.05) is 0 Å². The summed E-state index contributed by atoms with van der Waals surface area (Å²) in [7, 11) is 0. The molecule has 0 aliphatic rings. The van der Waals surface area contributed by atoms with Gasteiger partial charge in [-0.15, -0.1) is 0 Å². The number of amides is 1. The molecule has 1 aromatic carbocycles. The number of halogens is 1. The standard InChI is InChI=1S/C12H9BrN2O4/c13-8-4-7(12(18)19)3-6-1-2-10(17)15(11(6)8)5-9(14)16/h1-4H,5H2,(H2,14,16)(H,18,19). The Hall–Kier alpha value is -2.15. The van der Waals surface area contributed by atoms with Crippen molar-refractivity contribution in [1.82, 2.24) is 4.57 Å². The fourth-order valence-electron chi connectivity index (χ4n) is 1.83. The van der Waals surface area contributed by atoms with Gasteiger partial charge in [0, 0.05) is 15.9 Å². The molecular weight excluding hydrogens is 316 g/mol. The van der Waals surface area contributed by atoms with Crippen LogP contribution in [0.25, 0.3) is 10.9 Å². The van der Waals surface area contributed by atoms with E-state index in [1.807, 2.05) is 0 Å². The van der Waals surface area contributed by atoms with E-state index in [9.17, 15) is 14.4 Å². The highest BCUT2D eigenvalue weighted by atomic mass is 79.9. The Morgan fingerprint density at radius 1 is 1.32 bits per heavy atom. The maximum atomic E-state index is 11.8. The van der Waals surface area contributed by atoms with Gasteiger partial charge in [0.1, 0.15) is 6.54 Å². The summed E-state index contributed by atoms with van der Waals surface area (Å²) >= 11 is 3.22. The normalized spacial score (nSPS) is 10.6. The van der Waals surface area contributed by atoms with Gasteiger partial charge in [0.15, 0.2) is 0 Å². The number of hydrogen-bond donors (Lipinski definition) is 2. The molecule has 1 heterocycles. The van der Waals surface area contributed by atoms with Gasteiger partial charge in [-0.25, -0.2) is 4.79 Å². The maximum absolute atomic E-state index is 11.8. The molecule has 1 aromatic heterocycles. The van der Waals surface area contributed by atoms with Gasteiger partial charge in [-0.05, 0) is 34.1 Å². The number of aromatic carboxylic acids is 1. The highest BCUT2D eigenvalue weighted by molar-refractivity contribution is 9.10. The van der Waals surface area contributed by atoms with Crippen molar-refractivity contribution < 1.29 is 14.7 Å². The molecule has 0 aliphatic heterocycles. The van der Waals surface area contributed by atoms with Gasteiger partial charge in [0.25, 0.3) is 5.56 Å². The zero-order chi connectivity index (χ0) is 14.2. The van der Waals surface area contributed by atoms with Crippen molar-refractivity contribution in [3.8, 4) is 0 Å². The highest BCUT2D eigenvalue weighted by Gasteiger charge is 2.12. The van der Waals surface area contributed by atoms with Crippen molar-refractivity contribution in [3.63, 3.8) is 0 Å². The third-order valence-electron chi connectivity index (χ3n) is 2.60. The van der Waals surface area contributed by atoms with Crippen LogP contribution < -0.4 is 11.3 Å². The first kappa shape index (κ1) is 13.3. The van der Waals surface area contributed by atoms with Crippen LogP contribution in [-0.2, 0) is 11.3 Å². The maximum Gasteiger partial charge on any atom is 0.335 e. The lowest BCUT2D eigenvalue weighted by Crippen LogP contribution is -2.27. The number of carboxylic acid groups (broad SMARTS) is 1. The number of carbonyl (C=O) groups is 2. The first-order valence-corrected chi connectivity index (χ1v) is 6.04. The number of aromatic nitrogens is 1. The number of rotatable bonds is 3. The van der Waals surface area contributed by atoms with Gasteiger partial charge in [-0.1, -0.05) is 0 Å². The Balaban J connectivity index is 2.82. The number of carbonyl (C=O) groups excluding carboxylic acids is 1. The second-order valence-corrected chi connectivity index (χ2v) is 4.78. The van der Waals surface area contributed by atoms with Gasteiger partial charge < -0.3 is 10.8 Å². The molecule has 2 aromatic rings. The molecule has 7 heteroatoms. The number of carboxylic acids is 1. The Labute approximate surface area is 115 Å². The first-order valence-electron chi connectivity index (χ1n) is 5.25. The number of pyridine rings is 1. The van der Waals surface area contributed by atoms with Crippen LogP contribution in [0.2, 0.25) is 0 Å². The fourth-order valence-corrected chi connectivity index (χ4v) is 2.52. The molecule has 0 unspecified atom stereocenters. The van der Waals surface area contributed by atoms with E-state index in [1.165, 1.54) is 28.8 Å². The SMILES string of the molecule is NC(=O)Cn1c(=O)ccc2cc(C(=O)O)cc(Br)c21. The topological polar surface area (TPSA) is 102 Å². The lowest BCUT2D eigenvalue weighted by molar-refractivity contribution is -0.118. The molecule has 98 valence electrons. The monoisotopic (exact) mass is 324 g/mol. The zero-order valence-corrected chi connectivity index (χ0v) is 11.2. The smallest absolute Gasteiger partial charge is 0.335 e. The number of hydrogen-bond acceptors (Lipinski definition) is 3. The first-order chi connectivity index (χ1) is 8.90.